The van der Waals surface area contributed by atoms with E-state index in [0.717, 1.165) is 17.5 Å². The molecule has 1 aliphatic carbocycles. The first-order valence-corrected chi connectivity index (χ1v) is 6.88. The van der Waals surface area contributed by atoms with Crippen LogP contribution < -0.4 is 5.73 Å². The topological polar surface area (TPSA) is 64.2 Å². The summed E-state index contributed by atoms with van der Waals surface area (Å²) in [5.74, 6) is 0.180. The molecule has 1 fully saturated rings. The fourth-order valence-electron chi connectivity index (χ4n) is 2.34. The molecule has 0 radical (unpaired) electrons. The second-order valence-corrected chi connectivity index (χ2v) is 5.41. The minimum atomic E-state index is -4.23. The Labute approximate surface area is 120 Å². The van der Waals surface area contributed by atoms with Crippen molar-refractivity contribution in [3.8, 4) is 0 Å². The molecule has 21 heavy (non-hydrogen) atoms. The molecule has 0 saturated heterocycles. The number of halogens is 3. The molecule has 0 bridgehead atoms. The van der Waals surface area contributed by atoms with Crippen LogP contribution >= 0.6 is 0 Å². The Morgan fingerprint density at radius 2 is 2.24 bits per heavy atom. The zero-order valence-corrected chi connectivity index (χ0v) is 11.8. The van der Waals surface area contributed by atoms with Crippen LogP contribution in [0.3, 0.4) is 0 Å². The number of likely N-dealkylation sites (N-methyl/N-ethyl adjacent to an activating group) is 1. The first kappa shape index (κ1) is 15.8. The van der Waals surface area contributed by atoms with Crippen LogP contribution in [0.25, 0.3) is 0 Å². The Balaban J connectivity index is 1.97. The summed E-state index contributed by atoms with van der Waals surface area (Å²) in [6, 6.07) is -0.0176. The van der Waals surface area contributed by atoms with Crippen LogP contribution in [-0.4, -0.2) is 46.4 Å². The number of nitrogens with zero attached hydrogens (tertiary/aromatic N) is 3. The van der Waals surface area contributed by atoms with E-state index in [1.165, 1.54) is 12.4 Å². The average Bonchev–Trinajstić information content (AvgIpc) is 3.13. The fraction of sp³-hybridized carbons (Fsp3) is 0.692. The van der Waals surface area contributed by atoms with Gasteiger partial charge in [0.25, 0.3) is 5.91 Å². The van der Waals surface area contributed by atoms with Crippen LogP contribution in [-0.2, 0) is 6.54 Å². The molecule has 0 spiro atoms. The molecule has 2 N–H and O–H groups in total. The number of alkyl halides is 3. The van der Waals surface area contributed by atoms with Gasteiger partial charge in [-0.2, -0.15) is 18.3 Å². The van der Waals surface area contributed by atoms with Crippen molar-refractivity contribution in [3.05, 3.63) is 18.0 Å². The molecule has 1 saturated carbocycles. The van der Waals surface area contributed by atoms with Gasteiger partial charge in [0.1, 0.15) is 0 Å². The highest BCUT2D eigenvalue weighted by Crippen LogP contribution is 2.34. The molecule has 1 heterocycles. The molecule has 5 nitrogen and oxygen atoms in total. The van der Waals surface area contributed by atoms with Gasteiger partial charge in [0.2, 0.25) is 0 Å². The third-order valence-corrected chi connectivity index (χ3v) is 3.73. The normalized spacial score (nSPS) is 16.8. The largest absolute Gasteiger partial charge is 0.390 e. The molecule has 2 rings (SSSR count). The quantitative estimate of drug-likeness (QED) is 0.869. The number of nitrogens with two attached hydrogens (primary N) is 1. The van der Waals surface area contributed by atoms with Crippen LogP contribution in [0.2, 0.25) is 0 Å². The monoisotopic (exact) mass is 304 g/mol. The van der Waals surface area contributed by atoms with E-state index >= 15 is 0 Å². The van der Waals surface area contributed by atoms with E-state index in [4.69, 9.17) is 5.73 Å². The van der Waals surface area contributed by atoms with Crippen molar-refractivity contribution in [1.82, 2.24) is 14.7 Å². The number of carbonyl (C=O) groups excluding carboxylic acids is 1. The summed E-state index contributed by atoms with van der Waals surface area (Å²) in [5.41, 5.74) is 5.98. The highest BCUT2D eigenvalue weighted by Gasteiger charge is 2.35. The fourth-order valence-corrected chi connectivity index (χ4v) is 2.34. The molecular formula is C13H19F3N4O. The Morgan fingerprint density at radius 1 is 1.57 bits per heavy atom. The number of hydrogen-bond acceptors (Lipinski definition) is 3. The maximum Gasteiger partial charge on any atom is 0.390 e. The van der Waals surface area contributed by atoms with E-state index in [1.807, 2.05) is 0 Å². The van der Waals surface area contributed by atoms with Crippen LogP contribution in [0.5, 0.6) is 0 Å². The van der Waals surface area contributed by atoms with E-state index in [0.29, 0.717) is 18.0 Å². The second-order valence-electron chi connectivity index (χ2n) is 5.41. The van der Waals surface area contributed by atoms with Gasteiger partial charge >= 0.3 is 6.18 Å². The Hall–Kier alpha value is -1.57. The van der Waals surface area contributed by atoms with Gasteiger partial charge in [-0.3, -0.25) is 9.48 Å². The smallest absolute Gasteiger partial charge is 0.337 e. The predicted molar refractivity (Wildman–Crippen MR) is 70.6 cm³/mol. The Kier molecular flexibility index (Phi) is 4.55. The summed E-state index contributed by atoms with van der Waals surface area (Å²) in [5, 5.41) is 3.81. The van der Waals surface area contributed by atoms with Crippen molar-refractivity contribution in [1.29, 1.82) is 0 Å². The second kappa shape index (κ2) is 6.05. The maximum atomic E-state index is 12.3. The lowest BCUT2D eigenvalue weighted by Gasteiger charge is -2.26. The lowest BCUT2D eigenvalue weighted by atomic mass is 10.1. The van der Waals surface area contributed by atoms with Crippen LogP contribution in [0.1, 0.15) is 29.6 Å². The van der Waals surface area contributed by atoms with Crippen LogP contribution in [0.4, 0.5) is 13.2 Å². The van der Waals surface area contributed by atoms with Gasteiger partial charge in [-0.1, -0.05) is 0 Å². The molecule has 1 atom stereocenters. The van der Waals surface area contributed by atoms with Crippen molar-refractivity contribution in [3.63, 3.8) is 0 Å². The Morgan fingerprint density at radius 3 is 2.76 bits per heavy atom. The summed E-state index contributed by atoms with van der Waals surface area (Å²) in [6.07, 6.45) is -0.426. The highest BCUT2D eigenvalue weighted by molar-refractivity contribution is 5.93. The summed E-state index contributed by atoms with van der Waals surface area (Å²) in [6.45, 7) is 0.0958. The molecule has 1 aliphatic rings. The minimum absolute atomic E-state index is 0.0176. The number of carbonyl (C=O) groups is 1. The Bertz CT molecular complexity index is 496. The van der Waals surface area contributed by atoms with E-state index in [-0.39, 0.29) is 18.5 Å². The van der Waals surface area contributed by atoms with Gasteiger partial charge in [-0.25, -0.2) is 0 Å². The molecule has 1 amide bonds. The van der Waals surface area contributed by atoms with Crippen molar-refractivity contribution in [2.75, 3.05) is 13.6 Å². The van der Waals surface area contributed by atoms with Crippen molar-refractivity contribution >= 4 is 5.91 Å². The molecule has 0 aromatic carbocycles. The van der Waals surface area contributed by atoms with Crippen LogP contribution in [0, 0.1) is 5.92 Å². The lowest BCUT2D eigenvalue weighted by molar-refractivity contribution is -0.137. The third-order valence-electron chi connectivity index (χ3n) is 3.73. The van der Waals surface area contributed by atoms with Gasteiger partial charge in [-0.05, 0) is 18.8 Å². The molecule has 0 aliphatic heterocycles. The third kappa shape index (κ3) is 4.20. The number of aryl methyl sites for hydroxylation is 1. The van der Waals surface area contributed by atoms with Crippen LogP contribution in [0.15, 0.2) is 12.4 Å². The SMILES string of the molecule is CN(C(=O)c1cnn(CCC(F)(F)F)c1)C(CN)C1CC1. The van der Waals surface area contributed by atoms with Gasteiger partial charge in [0.15, 0.2) is 0 Å². The molecule has 8 heteroatoms. The van der Waals surface area contributed by atoms with Gasteiger partial charge in [0, 0.05) is 32.4 Å². The van der Waals surface area contributed by atoms with Gasteiger partial charge in [-0.15, -0.1) is 0 Å². The molecule has 1 aromatic heterocycles. The molecule has 1 aromatic rings. The zero-order valence-electron chi connectivity index (χ0n) is 11.8. The van der Waals surface area contributed by atoms with Crippen molar-refractivity contribution in [2.24, 2.45) is 11.7 Å². The lowest BCUT2D eigenvalue weighted by Crippen LogP contribution is -2.43. The number of aromatic nitrogens is 2. The standard InChI is InChI=1S/C13H19F3N4O/c1-19(11(6-17)9-2-3-9)12(21)10-7-18-20(8-10)5-4-13(14,15)16/h7-9,11H,2-6,17H2,1H3. The number of rotatable bonds is 6. The minimum Gasteiger partial charge on any atom is -0.337 e. The number of hydrogen-bond donors (Lipinski definition) is 1. The maximum absolute atomic E-state index is 12.3. The van der Waals surface area contributed by atoms with Gasteiger partial charge in [0.05, 0.1) is 18.2 Å². The highest BCUT2D eigenvalue weighted by atomic mass is 19.4. The summed E-state index contributed by atoms with van der Waals surface area (Å²) in [7, 11) is 1.67. The first-order valence-electron chi connectivity index (χ1n) is 6.88. The average molecular weight is 304 g/mol. The molecule has 1 unspecified atom stereocenters. The summed E-state index contributed by atoms with van der Waals surface area (Å²) < 4.78 is 37.6. The van der Waals surface area contributed by atoms with E-state index in [9.17, 15) is 18.0 Å². The van der Waals surface area contributed by atoms with Crippen molar-refractivity contribution < 1.29 is 18.0 Å². The zero-order chi connectivity index (χ0) is 15.6. The first-order chi connectivity index (χ1) is 9.81. The predicted octanol–water partition coefficient (Wildman–Crippen LogP) is 1.64. The van der Waals surface area contributed by atoms with E-state index in [1.54, 1.807) is 11.9 Å². The molecule has 118 valence electrons. The summed E-state index contributed by atoms with van der Waals surface area (Å²) >= 11 is 0. The molecular weight excluding hydrogens is 285 g/mol. The van der Waals surface area contributed by atoms with E-state index in [2.05, 4.69) is 5.10 Å². The summed E-state index contributed by atoms with van der Waals surface area (Å²) in [4.78, 5) is 13.9. The van der Waals surface area contributed by atoms with E-state index < -0.39 is 12.6 Å². The number of amides is 1. The van der Waals surface area contributed by atoms with Gasteiger partial charge < -0.3 is 10.6 Å². The van der Waals surface area contributed by atoms with Crippen molar-refractivity contribution in [2.45, 2.75) is 38.0 Å².